The lowest BCUT2D eigenvalue weighted by Crippen LogP contribution is -2.33. The van der Waals surface area contributed by atoms with Crippen LogP contribution in [0.2, 0.25) is 18.1 Å². The van der Waals surface area contributed by atoms with E-state index in [9.17, 15) is 4.79 Å². The number of Topliss-reactive ketones (excluding diaryl/α,β-unsaturated/α-hetero) is 1. The largest absolute Gasteiger partial charge is 0.298 e. The Bertz CT molecular complexity index is 799. The fourth-order valence-corrected chi connectivity index (χ4v) is 7.87. The van der Waals surface area contributed by atoms with Crippen molar-refractivity contribution in [3.8, 4) is 0 Å². The lowest BCUT2D eigenvalue weighted by atomic mass is 9.78. The summed E-state index contributed by atoms with van der Waals surface area (Å²) in [6.07, 6.45) is 6.09. The van der Waals surface area contributed by atoms with Crippen LogP contribution >= 0.6 is 0 Å². The van der Waals surface area contributed by atoms with Gasteiger partial charge in [-0.1, -0.05) is 111 Å². The van der Waals surface area contributed by atoms with Gasteiger partial charge in [-0.25, -0.2) is 0 Å². The molecule has 1 aliphatic carbocycles. The molecule has 2 atom stereocenters. The quantitative estimate of drug-likeness (QED) is 0.410. The van der Waals surface area contributed by atoms with E-state index in [-0.39, 0.29) is 11.3 Å². The highest BCUT2D eigenvalue weighted by atomic mass is 28.3. The molecular weight excluding hydrogens is 368 g/mol. The van der Waals surface area contributed by atoms with Crippen molar-refractivity contribution in [2.24, 2.45) is 11.3 Å². The Morgan fingerprint density at radius 3 is 2.00 bits per heavy atom. The zero-order valence-corrected chi connectivity index (χ0v) is 19.4. The standard InChI is InChI=1S/C27H36OSi/c1-4-29(5-2,6-3)20-19-27(22-24-15-11-8-12-16-24)18-17-25(26(27)28)21-23-13-9-7-10-14-23/h7-16,19-20,25H,4-6,17-18,21-22H2,1-3H3/b20-19+/t25-,27+/m0/s1. The molecule has 0 aliphatic heterocycles. The summed E-state index contributed by atoms with van der Waals surface area (Å²) in [5, 5.41) is 0. The van der Waals surface area contributed by atoms with Gasteiger partial charge in [-0.15, -0.1) is 0 Å². The van der Waals surface area contributed by atoms with Gasteiger partial charge in [-0.05, 0) is 36.8 Å². The van der Waals surface area contributed by atoms with Crippen molar-refractivity contribution in [1.82, 2.24) is 0 Å². The van der Waals surface area contributed by atoms with Crippen LogP contribution in [0.5, 0.6) is 0 Å². The minimum atomic E-state index is -1.41. The van der Waals surface area contributed by atoms with Gasteiger partial charge in [0.15, 0.2) is 0 Å². The third-order valence-electron chi connectivity index (χ3n) is 7.36. The minimum Gasteiger partial charge on any atom is -0.298 e. The Balaban J connectivity index is 1.90. The van der Waals surface area contributed by atoms with Crippen molar-refractivity contribution in [3.63, 3.8) is 0 Å². The Morgan fingerprint density at radius 1 is 0.897 bits per heavy atom. The second-order valence-electron chi connectivity index (χ2n) is 8.86. The molecule has 0 saturated heterocycles. The summed E-state index contributed by atoms with van der Waals surface area (Å²) in [5.74, 6) is 0.611. The van der Waals surface area contributed by atoms with E-state index in [4.69, 9.17) is 0 Å². The Hall–Kier alpha value is -1.93. The van der Waals surface area contributed by atoms with Crippen molar-refractivity contribution in [2.45, 2.75) is 64.6 Å². The molecule has 0 N–H and O–H groups in total. The van der Waals surface area contributed by atoms with Crippen molar-refractivity contribution in [1.29, 1.82) is 0 Å². The van der Waals surface area contributed by atoms with Gasteiger partial charge in [0.25, 0.3) is 0 Å². The summed E-state index contributed by atoms with van der Waals surface area (Å²) in [6.45, 7) is 7.01. The number of rotatable bonds is 9. The van der Waals surface area contributed by atoms with Gasteiger partial charge in [-0.2, -0.15) is 0 Å². The van der Waals surface area contributed by atoms with E-state index in [0.717, 1.165) is 25.7 Å². The SMILES string of the molecule is CC[Si](/C=C/[C@@]1(Cc2ccccc2)CC[C@@H](Cc2ccccc2)C1=O)(CC)CC. The predicted octanol–water partition coefficient (Wildman–Crippen LogP) is 7.04. The van der Waals surface area contributed by atoms with E-state index >= 15 is 0 Å². The van der Waals surface area contributed by atoms with Gasteiger partial charge < -0.3 is 0 Å². The molecule has 1 nitrogen and oxygen atoms in total. The summed E-state index contributed by atoms with van der Waals surface area (Å²) in [5.41, 5.74) is 4.78. The first-order chi connectivity index (χ1) is 14.1. The summed E-state index contributed by atoms with van der Waals surface area (Å²) in [6, 6.07) is 24.9. The van der Waals surface area contributed by atoms with Gasteiger partial charge in [0.05, 0.1) is 13.5 Å². The number of hydrogen-bond acceptors (Lipinski definition) is 1. The molecular formula is C27H36OSi. The zero-order chi connectivity index (χ0) is 20.7. The van der Waals surface area contributed by atoms with E-state index in [1.165, 1.54) is 29.3 Å². The number of ketones is 1. The van der Waals surface area contributed by atoms with E-state index in [1.807, 2.05) is 6.07 Å². The van der Waals surface area contributed by atoms with Gasteiger partial charge in [0, 0.05) is 5.92 Å². The van der Waals surface area contributed by atoms with Crippen molar-refractivity contribution in [3.05, 3.63) is 83.6 Å². The van der Waals surface area contributed by atoms with E-state index in [2.05, 4.69) is 87.1 Å². The van der Waals surface area contributed by atoms with Crippen LogP contribution in [0.4, 0.5) is 0 Å². The average Bonchev–Trinajstić information content (AvgIpc) is 3.07. The summed E-state index contributed by atoms with van der Waals surface area (Å²) < 4.78 is 0. The van der Waals surface area contributed by atoms with Gasteiger partial charge >= 0.3 is 0 Å². The first-order valence-electron chi connectivity index (χ1n) is 11.4. The Kier molecular flexibility index (Phi) is 7.29. The van der Waals surface area contributed by atoms with E-state index in [1.54, 1.807) is 0 Å². The fraction of sp³-hybridized carbons (Fsp3) is 0.444. The second kappa shape index (κ2) is 9.71. The van der Waals surface area contributed by atoms with Crippen LogP contribution < -0.4 is 0 Å². The van der Waals surface area contributed by atoms with Crippen LogP contribution in [0.1, 0.15) is 44.7 Å². The maximum atomic E-state index is 13.8. The molecule has 29 heavy (non-hydrogen) atoms. The molecule has 154 valence electrons. The van der Waals surface area contributed by atoms with Gasteiger partial charge in [0.2, 0.25) is 0 Å². The first kappa shape index (κ1) is 21.8. The normalized spacial score (nSPS) is 22.4. The molecule has 0 aromatic heterocycles. The number of carbonyl (C=O) groups excluding carboxylic acids is 1. The number of allylic oxidation sites excluding steroid dienone is 1. The molecule has 2 aromatic rings. The van der Waals surface area contributed by atoms with E-state index in [0.29, 0.717) is 5.78 Å². The lowest BCUT2D eigenvalue weighted by molar-refractivity contribution is -0.126. The van der Waals surface area contributed by atoms with Gasteiger partial charge in [-0.3, -0.25) is 4.79 Å². The highest BCUT2D eigenvalue weighted by Crippen LogP contribution is 2.44. The minimum absolute atomic E-state index is 0.145. The third-order valence-corrected chi connectivity index (χ3v) is 12.5. The van der Waals surface area contributed by atoms with Crippen molar-refractivity contribution < 1.29 is 4.79 Å². The second-order valence-corrected chi connectivity index (χ2v) is 14.0. The molecule has 2 aromatic carbocycles. The van der Waals surface area contributed by atoms with Crippen molar-refractivity contribution >= 4 is 13.9 Å². The molecule has 3 rings (SSSR count). The Morgan fingerprint density at radius 2 is 1.45 bits per heavy atom. The molecule has 0 spiro atoms. The molecule has 1 saturated carbocycles. The molecule has 0 unspecified atom stereocenters. The van der Waals surface area contributed by atoms with Crippen LogP contribution in [0.25, 0.3) is 0 Å². The highest BCUT2D eigenvalue weighted by molar-refractivity contribution is 6.84. The number of carbonyl (C=O) groups is 1. The highest BCUT2D eigenvalue weighted by Gasteiger charge is 2.46. The van der Waals surface area contributed by atoms with Gasteiger partial charge in [0.1, 0.15) is 5.78 Å². The zero-order valence-electron chi connectivity index (χ0n) is 18.4. The molecule has 0 radical (unpaired) electrons. The summed E-state index contributed by atoms with van der Waals surface area (Å²) >= 11 is 0. The lowest BCUT2D eigenvalue weighted by Gasteiger charge is -2.29. The maximum absolute atomic E-state index is 13.8. The van der Waals surface area contributed by atoms with Crippen LogP contribution in [-0.2, 0) is 17.6 Å². The van der Waals surface area contributed by atoms with E-state index < -0.39 is 8.07 Å². The Labute approximate surface area is 178 Å². The maximum Gasteiger partial charge on any atom is 0.146 e. The topological polar surface area (TPSA) is 17.1 Å². The summed E-state index contributed by atoms with van der Waals surface area (Å²) in [4.78, 5) is 13.8. The predicted molar refractivity (Wildman–Crippen MR) is 127 cm³/mol. The molecule has 0 heterocycles. The fourth-order valence-electron chi connectivity index (χ4n) is 4.99. The molecule has 0 bridgehead atoms. The third kappa shape index (κ3) is 4.98. The molecule has 0 amide bonds. The molecule has 1 aliphatic rings. The monoisotopic (exact) mass is 404 g/mol. The van der Waals surface area contributed by atoms with Crippen LogP contribution in [0, 0.1) is 11.3 Å². The number of benzene rings is 2. The average molecular weight is 405 g/mol. The first-order valence-corrected chi connectivity index (χ1v) is 14.1. The summed E-state index contributed by atoms with van der Waals surface area (Å²) in [7, 11) is -1.41. The molecule has 1 fully saturated rings. The smallest absolute Gasteiger partial charge is 0.146 e. The van der Waals surface area contributed by atoms with Crippen molar-refractivity contribution in [2.75, 3.05) is 0 Å². The molecule has 2 heteroatoms. The van der Waals surface area contributed by atoms with Crippen LogP contribution in [-0.4, -0.2) is 13.9 Å². The van der Waals surface area contributed by atoms with Crippen LogP contribution in [0.15, 0.2) is 72.4 Å². The van der Waals surface area contributed by atoms with Crippen LogP contribution in [0.3, 0.4) is 0 Å². The number of hydrogen-bond donors (Lipinski definition) is 0.